The third-order valence-corrected chi connectivity index (χ3v) is 4.97. The second-order valence-corrected chi connectivity index (χ2v) is 7.93. The number of halogens is 2. The molecule has 2 N–H and O–H groups in total. The minimum Gasteiger partial charge on any atom is -0.494 e. The summed E-state index contributed by atoms with van der Waals surface area (Å²) in [5.74, 6) is 0.539. The lowest BCUT2D eigenvalue weighted by Crippen LogP contribution is -2.20. The second kappa shape index (κ2) is 11.2. The number of carbonyl (C=O) groups excluding carboxylic acids is 2. The van der Waals surface area contributed by atoms with Crippen molar-refractivity contribution in [1.82, 2.24) is 5.01 Å². The molecule has 35 heavy (non-hydrogen) atoms. The highest BCUT2D eigenvalue weighted by molar-refractivity contribution is 6.31. The SMILES string of the molecule is C#Cc1ccc(NC(=O)c2cc(Cl)cc(OC)c2NC(=O)c2ccc(C=NN(C)C)cc2F)cc1. The number of methoxy groups -OCH3 is 1. The maximum atomic E-state index is 14.7. The van der Waals surface area contributed by atoms with Crippen LogP contribution in [0, 0.1) is 18.2 Å². The minimum atomic E-state index is -0.772. The summed E-state index contributed by atoms with van der Waals surface area (Å²) in [7, 11) is 4.82. The molecular weight excluding hydrogens is 471 g/mol. The molecule has 0 saturated carbocycles. The standard InChI is InChI=1S/C26H22ClFN4O3/c1-5-16-6-9-19(10-7-16)30-26(34)21-13-18(27)14-23(35-4)24(21)31-25(33)20-11-8-17(12-22(20)28)15-29-32(2)3/h1,6-15H,2-4H3,(H,30,34)(H,31,33). The van der Waals surface area contributed by atoms with Gasteiger partial charge in [-0.05, 0) is 48.0 Å². The van der Waals surface area contributed by atoms with Crippen LogP contribution in [0.4, 0.5) is 15.8 Å². The zero-order chi connectivity index (χ0) is 25.5. The van der Waals surface area contributed by atoms with E-state index in [2.05, 4.69) is 21.7 Å². The molecular formula is C26H22ClFN4O3. The molecule has 0 aliphatic carbocycles. The number of hydrogen-bond acceptors (Lipinski definition) is 5. The molecule has 0 fully saturated rings. The van der Waals surface area contributed by atoms with E-state index in [0.29, 0.717) is 16.8 Å². The van der Waals surface area contributed by atoms with E-state index in [1.165, 1.54) is 37.6 Å². The smallest absolute Gasteiger partial charge is 0.258 e. The summed E-state index contributed by atoms with van der Waals surface area (Å²) in [6.07, 6.45) is 6.82. The quantitative estimate of drug-likeness (QED) is 0.280. The normalized spacial score (nSPS) is 10.5. The Morgan fingerprint density at radius 2 is 1.74 bits per heavy atom. The highest BCUT2D eigenvalue weighted by atomic mass is 35.5. The first-order valence-corrected chi connectivity index (χ1v) is 10.7. The molecule has 0 bridgehead atoms. The van der Waals surface area contributed by atoms with Crippen molar-refractivity contribution in [3.63, 3.8) is 0 Å². The zero-order valence-electron chi connectivity index (χ0n) is 19.2. The van der Waals surface area contributed by atoms with Crippen LogP contribution in [-0.2, 0) is 0 Å². The van der Waals surface area contributed by atoms with Crippen LogP contribution in [0.2, 0.25) is 5.02 Å². The van der Waals surface area contributed by atoms with E-state index in [1.54, 1.807) is 49.4 Å². The molecule has 3 aromatic carbocycles. The van der Waals surface area contributed by atoms with Crippen LogP contribution >= 0.6 is 11.6 Å². The predicted molar refractivity (Wildman–Crippen MR) is 136 cm³/mol. The number of amides is 2. The van der Waals surface area contributed by atoms with Crippen molar-refractivity contribution >= 4 is 41.0 Å². The monoisotopic (exact) mass is 492 g/mol. The van der Waals surface area contributed by atoms with Crippen LogP contribution in [0.25, 0.3) is 0 Å². The van der Waals surface area contributed by atoms with Gasteiger partial charge in [-0.2, -0.15) is 5.10 Å². The predicted octanol–water partition coefficient (Wildman–Crippen LogP) is 4.87. The number of nitrogens with one attached hydrogen (secondary N) is 2. The van der Waals surface area contributed by atoms with E-state index in [-0.39, 0.29) is 27.6 Å². The average Bonchev–Trinajstić information content (AvgIpc) is 2.83. The number of benzene rings is 3. The van der Waals surface area contributed by atoms with Gasteiger partial charge in [-0.1, -0.05) is 23.6 Å². The number of ether oxygens (including phenoxy) is 1. The lowest BCUT2D eigenvalue weighted by Gasteiger charge is -2.16. The lowest BCUT2D eigenvalue weighted by atomic mass is 10.1. The third kappa shape index (κ3) is 6.37. The van der Waals surface area contributed by atoms with Crippen molar-refractivity contribution in [2.24, 2.45) is 5.10 Å². The molecule has 7 nitrogen and oxygen atoms in total. The number of rotatable bonds is 7. The Morgan fingerprint density at radius 1 is 1.06 bits per heavy atom. The van der Waals surface area contributed by atoms with Crippen molar-refractivity contribution in [2.45, 2.75) is 0 Å². The summed E-state index contributed by atoms with van der Waals surface area (Å²) in [4.78, 5) is 26.0. The van der Waals surface area contributed by atoms with E-state index in [0.717, 1.165) is 0 Å². The Balaban J connectivity index is 1.92. The number of terminal acetylenes is 1. The Morgan fingerprint density at radius 3 is 2.34 bits per heavy atom. The van der Waals surface area contributed by atoms with Gasteiger partial charge in [0.1, 0.15) is 11.6 Å². The summed E-state index contributed by atoms with van der Waals surface area (Å²) < 4.78 is 20.0. The number of hydrazone groups is 1. The molecule has 0 atom stereocenters. The van der Waals surface area contributed by atoms with Crippen LogP contribution in [0.5, 0.6) is 5.75 Å². The Kier molecular flexibility index (Phi) is 8.08. The van der Waals surface area contributed by atoms with Gasteiger partial charge < -0.3 is 20.4 Å². The summed E-state index contributed by atoms with van der Waals surface area (Å²) >= 11 is 6.16. The molecule has 2 amide bonds. The Hall–Kier alpha value is -4.35. The van der Waals surface area contributed by atoms with Gasteiger partial charge in [-0.3, -0.25) is 9.59 Å². The largest absolute Gasteiger partial charge is 0.494 e. The summed E-state index contributed by atoms with van der Waals surface area (Å²) in [6, 6.07) is 13.5. The first-order chi connectivity index (χ1) is 16.7. The van der Waals surface area contributed by atoms with Gasteiger partial charge in [0.15, 0.2) is 0 Å². The fourth-order valence-corrected chi connectivity index (χ4v) is 3.27. The first kappa shape index (κ1) is 25.3. The van der Waals surface area contributed by atoms with E-state index < -0.39 is 17.6 Å². The van der Waals surface area contributed by atoms with Gasteiger partial charge in [0.25, 0.3) is 11.8 Å². The van der Waals surface area contributed by atoms with Gasteiger partial charge in [0.2, 0.25) is 0 Å². The maximum Gasteiger partial charge on any atom is 0.258 e. The lowest BCUT2D eigenvalue weighted by molar-refractivity contribution is 0.102. The van der Waals surface area contributed by atoms with Crippen molar-refractivity contribution in [1.29, 1.82) is 0 Å². The Bertz CT molecular complexity index is 1330. The molecule has 0 heterocycles. The highest BCUT2D eigenvalue weighted by Crippen LogP contribution is 2.33. The van der Waals surface area contributed by atoms with Gasteiger partial charge in [0, 0.05) is 36.4 Å². The second-order valence-electron chi connectivity index (χ2n) is 7.49. The number of nitrogens with zero attached hydrogens (tertiary/aromatic N) is 2. The number of hydrogen-bond donors (Lipinski definition) is 2. The summed E-state index contributed by atoms with van der Waals surface area (Å²) in [6.45, 7) is 0. The molecule has 3 rings (SSSR count). The summed E-state index contributed by atoms with van der Waals surface area (Å²) in [5.41, 5.74) is 1.46. The van der Waals surface area contributed by atoms with Crippen LogP contribution in [0.3, 0.4) is 0 Å². The Labute approximate surface area is 207 Å². The zero-order valence-corrected chi connectivity index (χ0v) is 20.0. The summed E-state index contributed by atoms with van der Waals surface area (Å²) in [5, 5.41) is 11.1. The molecule has 0 unspecified atom stereocenters. The van der Waals surface area contributed by atoms with E-state index in [4.69, 9.17) is 22.8 Å². The molecule has 0 radical (unpaired) electrons. The van der Waals surface area contributed by atoms with Crippen molar-refractivity contribution < 1.29 is 18.7 Å². The molecule has 0 spiro atoms. The van der Waals surface area contributed by atoms with Crippen LogP contribution < -0.4 is 15.4 Å². The van der Waals surface area contributed by atoms with Gasteiger partial charge in [0.05, 0.1) is 30.1 Å². The van der Waals surface area contributed by atoms with Crippen molar-refractivity contribution in [3.8, 4) is 18.1 Å². The fraction of sp³-hybridized carbons (Fsp3) is 0.115. The molecule has 0 aliphatic rings. The van der Waals surface area contributed by atoms with Crippen molar-refractivity contribution in [2.75, 3.05) is 31.8 Å². The minimum absolute atomic E-state index is 0.0267. The van der Waals surface area contributed by atoms with E-state index in [9.17, 15) is 14.0 Å². The van der Waals surface area contributed by atoms with Crippen LogP contribution in [0.15, 0.2) is 59.7 Å². The first-order valence-electron chi connectivity index (χ1n) is 10.3. The van der Waals surface area contributed by atoms with Crippen LogP contribution in [0.1, 0.15) is 31.8 Å². The topological polar surface area (TPSA) is 83.0 Å². The van der Waals surface area contributed by atoms with Gasteiger partial charge in [-0.15, -0.1) is 6.42 Å². The molecule has 0 aromatic heterocycles. The third-order valence-electron chi connectivity index (χ3n) is 4.75. The average molecular weight is 493 g/mol. The molecule has 3 aromatic rings. The molecule has 0 aliphatic heterocycles. The number of anilines is 2. The van der Waals surface area contributed by atoms with E-state index in [1.807, 2.05) is 0 Å². The van der Waals surface area contributed by atoms with Crippen LogP contribution in [-0.4, -0.2) is 44.2 Å². The highest BCUT2D eigenvalue weighted by Gasteiger charge is 2.22. The van der Waals surface area contributed by atoms with Crippen molar-refractivity contribution in [3.05, 3.63) is 87.7 Å². The van der Waals surface area contributed by atoms with Gasteiger partial charge >= 0.3 is 0 Å². The molecule has 9 heteroatoms. The van der Waals surface area contributed by atoms with E-state index >= 15 is 0 Å². The number of carbonyl (C=O) groups is 2. The molecule has 178 valence electrons. The van der Waals surface area contributed by atoms with Gasteiger partial charge in [-0.25, -0.2) is 4.39 Å². The molecule has 0 saturated heterocycles. The maximum absolute atomic E-state index is 14.7. The fourth-order valence-electron chi connectivity index (χ4n) is 3.06.